The van der Waals surface area contributed by atoms with E-state index in [1.165, 1.54) is 6.07 Å². The third-order valence-electron chi connectivity index (χ3n) is 5.99. The van der Waals surface area contributed by atoms with E-state index in [0.717, 1.165) is 49.2 Å². The highest BCUT2D eigenvalue weighted by Gasteiger charge is 2.31. The highest BCUT2D eigenvalue weighted by molar-refractivity contribution is 5.93. The van der Waals surface area contributed by atoms with Gasteiger partial charge >= 0.3 is 0 Å². The maximum Gasteiger partial charge on any atom is 0.274 e. The standard InChI is InChI=1S/C20H26FN5O/c1-12-6-7-15-16(4-3-5-17(15)21)18(12)23-20(27)19-13(2)26(25-24-19)14-8-10-22-11-9-14/h3-5,12,14,18,22H,6-11H2,1-2H3,(H,23,27)/t12-,18-/m0/s1. The van der Waals surface area contributed by atoms with Gasteiger partial charge in [0.05, 0.1) is 17.8 Å². The van der Waals surface area contributed by atoms with E-state index in [1.807, 2.05) is 17.7 Å². The molecule has 1 aliphatic heterocycles. The van der Waals surface area contributed by atoms with Crippen LogP contribution in [0.4, 0.5) is 4.39 Å². The molecule has 0 spiro atoms. The first-order valence-electron chi connectivity index (χ1n) is 9.77. The number of carbonyl (C=O) groups is 1. The molecule has 1 saturated heterocycles. The third kappa shape index (κ3) is 3.36. The molecule has 1 aromatic carbocycles. The van der Waals surface area contributed by atoms with Gasteiger partial charge in [-0.2, -0.15) is 0 Å². The molecule has 2 heterocycles. The normalized spacial score (nSPS) is 23.1. The largest absolute Gasteiger partial charge is 0.343 e. The Balaban J connectivity index is 1.56. The van der Waals surface area contributed by atoms with E-state index in [-0.39, 0.29) is 29.7 Å². The van der Waals surface area contributed by atoms with Crippen LogP contribution in [-0.4, -0.2) is 34.0 Å². The molecule has 27 heavy (non-hydrogen) atoms. The number of halogens is 1. The van der Waals surface area contributed by atoms with Gasteiger partial charge in [-0.3, -0.25) is 4.79 Å². The van der Waals surface area contributed by atoms with Crippen molar-refractivity contribution in [1.29, 1.82) is 0 Å². The van der Waals surface area contributed by atoms with Gasteiger partial charge in [0.15, 0.2) is 5.69 Å². The smallest absolute Gasteiger partial charge is 0.274 e. The molecule has 144 valence electrons. The number of aromatic nitrogens is 3. The summed E-state index contributed by atoms with van der Waals surface area (Å²) in [6.45, 7) is 5.90. The highest BCUT2D eigenvalue weighted by atomic mass is 19.1. The zero-order chi connectivity index (χ0) is 19.0. The van der Waals surface area contributed by atoms with Crippen LogP contribution in [-0.2, 0) is 6.42 Å². The van der Waals surface area contributed by atoms with E-state index < -0.39 is 0 Å². The van der Waals surface area contributed by atoms with Crippen LogP contribution in [0.15, 0.2) is 18.2 Å². The molecule has 0 saturated carbocycles. The average Bonchev–Trinajstić information content (AvgIpc) is 3.06. The fourth-order valence-electron chi connectivity index (χ4n) is 4.35. The van der Waals surface area contributed by atoms with Crippen molar-refractivity contribution in [3.05, 3.63) is 46.5 Å². The molecule has 4 rings (SSSR count). The Morgan fingerprint density at radius 3 is 2.85 bits per heavy atom. The predicted octanol–water partition coefficient (Wildman–Crippen LogP) is 2.70. The number of hydrogen-bond acceptors (Lipinski definition) is 4. The van der Waals surface area contributed by atoms with Crippen molar-refractivity contribution in [3.63, 3.8) is 0 Å². The Labute approximate surface area is 158 Å². The molecule has 1 amide bonds. The van der Waals surface area contributed by atoms with Crippen LogP contribution < -0.4 is 10.6 Å². The summed E-state index contributed by atoms with van der Waals surface area (Å²) in [5.74, 6) is -0.184. The second-order valence-corrected chi connectivity index (χ2v) is 7.72. The lowest BCUT2D eigenvalue weighted by Gasteiger charge is -2.32. The van der Waals surface area contributed by atoms with E-state index in [0.29, 0.717) is 12.1 Å². The Bertz CT molecular complexity index is 843. The number of fused-ring (bicyclic) bond motifs is 1. The summed E-state index contributed by atoms with van der Waals surface area (Å²) < 4.78 is 16.0. The molecule has 0 unspecified atom stereocenters. The number of rotatable bonds is 3. The molecule has 0 radical (unpaired) electrons. The van der Waals surface area contributed by atoms with Crippen LogP contribution in [0.2, 0.25) is 0 Å². The molecule has 0 bridgehead atoms. The highest BCUT2D eigenvalue weighted by Crippen LogP contribution is 2.35. The van der Waals surface area contributed by atoms with Crippen molar-refractivity contribution in [3.8, 4) is 0 Å². The molecule has 1 aliphatic carbocycles. The van der Waals surface area contributed by atoms with Gasteiger partial charge in [0, 0.05) is 0 Å². The molecule has 2 aromatic rings. The lowest BCUT2D eigenvalue weighted by molar-refractivity contribution is 0.0913. The molecule has 1 fully saturated rings. The first-order chi connectivity index (χ1) is 13.1. The fourth-order valence-corrected chi connectivity index (χ4v) is 4.35. The zero-order valence-electron chi connectivity index (χ0n) is 15.8. The summed E-state index contributed by atoms with van der Waals surface area (Å²) >= 11 is 0. The molecular weight excluding hydrogens is 345 g/mol. The third-order valence-corrected chi connectivity index (χ3v) is 5.99. The van der Waals surface area contributed by atoms with Crippen LogP contribution in [0.5, 0.6) is 0 Å². The topological polar surface area (TPSA) is 71.8 Å². The zero-order valence-corrected chi connectivity index (χ0v) is 15.8. The van der Waals surface area contributed by atoms with Gasteiger partial charge in [-0.25, -0.2) is 9.07 Å². The average molecular weight is 371 g/mol. The summed E-state index contributed by atoms with van der Waals surface area (Å²) in [6.07, 6.45) is 3.52. The molecular formula is C20H26FN5O. The van der Waals surface area contributed by atoms with Crippen LogP contribution in [0, 0.1) is 18.7 Å². The van der Waals surface area contributed by atoms with E-state index in [9.17, 15) is 9.18 Å². The number of piperidine rings is 1. The second-order valence-electron chi connectivity index (χ2n) is 7.72. The van der Waals surface area contributed by atoms with Gasteiger partial charge in [0.1, 0.15) is 5.82 Å². The first kappa shape index (κ1) is 18.1. The van der Waals surface area contributed by atoms with Gasteiger partial charge in [-0.05, 0) is 68.8 Å². The van der Waals surface area contributed by atoms with Crippen LogP contribution in [0.25, 0.3) is 0 Å². The van der Waals surface area contributed by atoms with Gasteiger partial charge in [0.25, 0.3) is 5.91 Å². The molecule has 2 aliphatic rings. The van der Waals surface area contributed by atoms with Crippen molar-refractivity contribution < 1.29 is 9.18 Å². The number of benzene rings is 1. The number of nitrogens with one attached hydrogen (secondary N) is 2. The van der Waals surface area contributed by atoms with E-state index in [4.69, 9.17) is 0 Å². The van der Waals surface area contributed by atoms with Crippen molar-refractivity contribution >= 4 is 5.91 Å². The second kappa shape index (κ2) is 7.38. The Morgan fingerprint density at radius 1 is 1.30 bits per heavy atom. The minimum absolute atomic E-state index is 0.188. The lowest BCUT2D eigenvalue weighted by Crippen LogP contribution is -2.36. The van der Waals surface area contributed by atoms with E-state index in [1.54, 1.807) is 6.07 Å². The van der Waals surface area contributed by atoms with Crippen LogP contribution >= 0.6 is 0 Å². The summed E-state index contributed by atoms with van der Waals surface area (Å²) in [4.78, 5) is 12.9. The van der Waals surface area contributed by atoms with Gasteiger partial charge < -0.3 is 10.6 Å². The summed E-state index contributed by atoms with van der Waals surface area (Å²) in [5.41, 5.74) is 2.76. The molecule has 2 atom stereocenters. The lowest BCUT2D eigenvalue weighted by atomic mass is 9.80. The minimum atomic E-state index is -0.235. The van der Waals surface area contributed by atoms with Crippen molar-refractivity contribution in [1.82, 2.24) is 25.6 Å². The Morgan fingerprint density at radius 2 is 2.07 bits per heavy atom. The minimum Gasteiger partial charge on any atom is -0.343 e. The number of amides is 1. The first-order valence-corrected chi connectivity index (χ1v) is 9.77. The predicted molar refractivity (Wildman–Crippen MR) is 100.0 cm³/mol. The van der Waals surface area contributed by atoms with E-state index >= 15 is 0 Å². The summed E-state index contributed by atoms with van der Waals surface area (Å²) in [5, 5.41) is 14.8. The molecule has 6 nitrogen and oxygen atoms in total. The maximum atomic E-state index is 14.2. The number of carbonyl (C=O) groups excluding carboxylic acids is 1. The molecule has 7 heteroatoms. The van der Waals surface area contributed by atoms with Gasteiger partial charge in [0.2, 0.25) is 0 Å². The van der Waals surface area contributed by atoms with Crippen molar-refractivity contribution in [2.24, 2.45) is 5.92 Å². The van der Waals surface area contributed by atoms with Crippen LogP contribution in [0.3, 0.4) is 0 Å². The van der Waals surface area contributed by atoms with Crippen molar-refractivity contribution in [2.45, 2.75) is 51.6 Å². The summed E-state index contributed by atoms with van der Waals surface area (Å²) in [7, 11) is 0. The fraction of sp³-hybridized carbons (Fsp3) is 0.550. The number of hydrogen-bond donors (Lipinski definition) is 2. The number of nitrogens with zero attached hydrogens (tertiary/aromatic N) is 3. The quantitative estimate of drug-likeness (QED) is 0.870. The monoisotopic (exact) mass is 371 g/mol. The van der Waals surface area contributed by atoms with Crippen molar-refractivity contribution in [2.75, 3.05) is 13.1 Å². The van der Waals surface area contributed by atoms with Crippen LogP contribution in [0.1, 0.15) is 65.6 Å². The SMILES string of the molecule is Cc1c(C(=O)N[C@@H]2c3cccc(F)c3CC[C@@H]2C)nnn1C1CCNCC1. The summed E-state index contributed by atoms with van der Waals surface area (Å²) in [6, 6.07) is 5.19. The maximum absolute atomic E-state index is 14.2. The Kier molecular flexibility index (Phi) is 4.95. The van der Waals surface area contributed by atoms with Gasteiger partial charge in [-0.1, -0.05) is 24.3 Å². The van der Waals surface area contributed by atoms with E-state index in [2.05, 4.69) is 27.9 Å². The Hall–Kier alpha value is -2.28. The van der Waals surface area contributed by atoms with Gasteiger partial charge in [-0.15, -0.1) is 5.10 Å². The molecule has 2 N–H and O–H groups in total. The molecule has 1 aromatic heterocycles.